The first kappa shape index (κ1) is 15.6. The average Bonchev–Trinajstić information content (AvgIpc) is 2.54. The highest BCUT2D eigenvalue weighted by Gasteiger charge is 2.24. The maximum Gasteiger partial charge on any atom is 0.307 e. The lowest BCUT2D eigenvalue weighted by molar-refractivity contribution is -0.141. The van der Waals surface area contributed by atoms with E-state index < -0.39 is 0 Å². The molecule has 0 saturated carbocycles. The van der Waals surface area contributed by atoms with Crippen molar-refractivity contribution in [2.24, 2.45) is 0 Å². The summed E-state index contributed by atoms with van der Waals surface area (Å²) < 4.78 is 10.2. The van der Waals surface area contributed by atoms with Gasteiger partial charge in [-0.25, -0.2) is 0 Å². The number of benzene rings is 1. The van der Waals surface area contributed by atoms with E-state index in [2.05, 4.69) is 22.8 Å². The molecule has 1 heterocycles. The van der Waals surface area contributed by atoms with Crippen LogP contribution in [-0.2, 0) is 9.53 Å². The molecule has 0 aliphatic carbocycles. The number of nitrogens with zero attached hydrogens (tertiary/aromatic N) is 2. The normalized spacial score (nSPS) is 17.4. The van der Waals surface area contributed by atoms with Crippen LogP contribution in [0.4, 0.5) is 5.69 Å². The van der Waals surface area contributed by atoms with Crippen LogP contribution in [0.15, 0.2) is 24.3 Å². The first-order valence-electron chi connectivity index (χ1n) is 7.34. The van der Waals surface area contributed by atoms with E-state index in [1.165, 1.54) is 7.11 Å². The number of rotatable bonds is 5. The summed E-state index contributed by atoms with van der Waals surface area (Å²) in [5.74, 6) is 0.767. The predicted octanol–water partition coefficient (Wildman–Crippen LogP) is 1.77. The summed E-state index contributed by atoms with van der Waals surface area (Å²) in [6, 6.07) is 8.31. The van der Waals surface area contributed by atoms with Gasteiger partial charge in [-0.3, -0.25) is 9.69 Å². The molecule has 1 atom stereocenters. The molecule has 0 bridgehead atoms. The lowest BCUT2D eigenvalue weighted by atomic mass is 10.1. The van der Waals surface area contributed by atoms with Gasteiger partial charge in [0.1, 0.15) is 5.75 Å². The SMILES string of the molecule is COC(=O)CC(C)N1CCN(c2ccccc2OC)CC1. The van der Waals surface area contributed by atoms with E-state index in [9.17, 15) is 4.79 Å². The van der Waals surface area contributed by atoms with Gasteiger partial charge in [0.2, 0.25) is 0 Å². The van der Waals surface area contributed by atoms with Gasteiger partial charge in [-0.2, -0.15) is 0 Å². The Labute approximate surface area is 126 Å². The predicted molar refractivity (Wildman–Crippen MR) is 82.9 cm³/mol. The Bertz CT molecular complexity index is 470. The molecule has 0 radical (unpaired) electrons. The Kier molecular flexibility index (Phi) is 5.44. The van der Waals surface area contributed by atoms with Gasteiger partial charge >= 0.3 is 5.97 Å². The van der Waals surface area contributed by atoms with E-state index in [0.29, 0.717) is 6.42 Å². The summed E-state index contributed by atoms with van der Waals surface area (Å²) in [6.45, 7) is 5.83. The molecule has 1 unspecified atom stereocenters. The molecule has 0 aromatic heterocycles. The molecule has 5 nitrogen and oxygen atoms in total. The number of hydrogen-bond acceptors (Lipinski definition) is 5. The largest absolute Gasteiger partial charge is 0.495 e. The van der Waals surface area contributed by atoms with Crippen LogP contribution in [0.2, 0.25) is 0 Å². The Balaban J connectivity index is 1.92. The second-order valence-electron chi connectivity index (χ2n) is 5.32. The number of hydrogen-bond donors (Lipinski definition) is 0. The Morgan fingerprint density at radius 3 is 2.48 bits per heavy atom. The quantitative estimate of drug-likeness (QED) is 0.774. The minimum Gasteiger partial charge on any atom is -0.495 e. The molecule has 1 aliphatic rings. The zero-order valence-corrected chi connectivity index (χ0v) is 13.0. The van der Waals surface area contributed by atoms with Gasteiger partial charge in [-0.15, -0.1) is 0 Å². The zero-order valence-electron chi connectivity index (χ0n) is 13.0. The molecule has 116 valence electrons. The van der Waals surface area contributed by atoms with Crippen LogP contribution in [0.5, 0.6) is 5.75 Å². The molecule has 5 heteroatoms. The summed E-state index contributed by atoms with van der Waals surface area (Å²) in [5, 5.41) is 0. The van der Waals surface area contributed by atoms with E-state index in [-0.39, 0.29) is 12.0 Å². The van der Waals surface area contributed by atoms with Gasteiger partial charge in [0.15, 0.2) is 0 Å². The average molecular weight is 292 g/mol. The number of esters is 1. The Morgan fingerprint density at radius 1 is 1.19 bits per heavy atom. The molecular formula is C16H24N2O3. The summed E-state index contributed by atoms with van der Waals surface area (Å²) in [6.07, 6.45) is 0.450. The van der Waals surface area contributed by atoms with Crippen LogP contribution >= 0.6 is 0 Å². The summed E-state index contributed by atoms with van der Waals surface area (Å²) in [7, 11) is 3.14. The second kappa shape index (κ2) is 7.31. The molecule has 2 rings (SSSR count). The lowest BCUT2D eigenvalue weighted by Crippen LogP contribution is -2.50. The molecule has 1 aliphatic heterocycles. The van der Waals surface area contributed by atoms with E-state index in [0.717, 1.165) is 37.6 Å². The van der Waals surface area contributed by atoms with Gasteiger partial charge in [0, 0.05) is 32.2 Å². The van der Waals surface area contributed by atoms with Crippen LogP contribution in [0.3, 0.4) is 0 Å². The summed E-state index contributed by atoms with van der Waals surface area (Å²) in [4.78, 5) is 16.0. The topological polar surface area (TPSA) is 42.0 Å². The van der Waals surface area contributed by atoms with Crippen molar-refractivity contribution in [1.29, 1.82) is 0 Å². The van der Waals surface area contributed by atoms with Crippen molar-refractivity contribution in [3.8, 4) is 5.75 Å². The third-order valence-electron chi connectivity index (χ3n) is 4.05. The van der Waals surface area contributed by atoms with Gasteiger partial charge in [-0.1, -0.05) is 12.1 Å². The highest BCUT2D eigenvalue weighted by Crippen LogP contribution is 2.28. The van der Waals surface area contributed by atoms with Gasteiger partial charge < -0.3 is 14.4 Å². The number of piperazine rings is 1. The fourth-order valence-electron chi connectivity index (χ4n) is 2.75. The molecule has 1 fully saturated rings. The molecular weight excluding hydrogens is 268 g/mol. The molecule has 0 amide bonds. The van der Waals surface area contributed by atoms with Crippen molar-refractivity contribution < 1.29 is 14.3 Å². The van der Waals surface area contributed by atoms with Crippen LogP contribution in [0.25, 0.3) is 0 Å². The van der Waals surface area contributed by atoms with Gasteiger partial charge in [-0.05, 0) is 19.1 Å². The summed E-state index contributed by atoms with van der Waals surface area (Å²) in [5.41, 5.74) is 1.14. The first-order valence-corrected chi connectivity index (χ1v) is 7.34. The molecule has 0 N–H and O–H groups in total. The van der Waals surface area contributed by atoms with E-state index in [1.807, 2.05) is 18.2 Å². The van der Waals surface area contributed by atoms with Crippen LogP contribution in [-0.4, -0.2) is 57.3 Å². The number of methoxy groups -OCH3 is 2. The van der Waals surface area contributed by atoms with E-state index in [4.69, 9.17) is 9.47 Å². The van der Waals surface area contributed by atoms with Crippen LogP contribution in [0.1, 0.15) is 13.3 Å². The maximum atomic E-state index is 11.4. The minimum atomic E-state index is -0.144. The number of carbonyl (C=O) groups excluding carboxylic acids is 1. The van der Waals surface area contributed by atoms with E-state index in [1.54, 1.807) is 7.11 Å². The smallest absolute Gasteiger partial charge is 0.307 e. The fraction of sp³-hybridized carbons (Fsp3) is 0.562. The highest BCUT2D eigenvalue weighted by molar-refractivity contribution is 5.69. The molecule has 1 aromatic rings. The number of carbonyl (C=O) groups is 1. The van der Waals surface area contributed by atoms with Crippen molar-refractivity contribution >= 4 is 11.7 Å². The molecule has 21 heavy (non-hydrogen) atoms. The zero-order chi connectivity index (χ0) is 15.2. The van der Waals surface area contributed by atoms with Gasteiger partial charge in [0.05, 0.1) is 26.3 Å². The monoisotopic (exact) mass is 292 g/mol. The number of ether oxygens (including phenoxy) is 2. The number of anilines is 1. The Morgan fingerprint density at radius 2 is 1.86 bits per heavy atom. The van der Waals surface area contributed by atoms with Crippen molar-refractivity contribution in [3.05, 3.63) is 24.3 Å². The lowest BCUT2D eigenvalue weighted by Gasteiger charge is -2.39. The molecule has 1 saturated heterocycles. The minimum absolute atomic E-state index is 0.144. The van der Waals surface area contributed by atoms with Crippen molar-refractivity contribution in [2.75, 3.05) is 45.3 Å². The van der Waals surface area contributed by atoms with E-state index >= 15 is 0 Å². The van der Waals surface area contributed by atoms with Crippen molar-refractivity contribution in [1.82, 2.24) is 4.90 Å². The maximum absolute atomic E-state index is 11.4. The van der Waals surface area contributed by atoms with Crippen LogP contribution in [0, 0.1) is 0 Å². The number of para-hydroxylation sites is 2. The van der Waals surface area contributed by atoms with Crippen molar-refractivity contribution in [2.45, 2.75) is 19.4 Å². The van der Waals surface area contributed by atoms with Gasteiger partial charge in [0.25, 0.3) is 0 Å². The fourth-order valence-corrected chi connectivity index (χ4v) is 2.75. The third kappa shape index (κ3) is 3.88. The summed E-state index contributed by atoms with van der Waals surface area (Å²) >= 11 is 0. The Hall–Kier alpha value is -1.75. The second-order valence-corrected chi connectivity index (χ2v) is 5.32. The highest BCUT2D eigenvalue weighted by atomic mass is 16.5. The standard InChI is InChI=1S/C16H24N2O3/c1-13(12-16(19)21-3)17-8-10-18(11-9-17)14-6-4-5-7-15(14)20-2/h4-7,13H,8-12H2,1-3H3. The molecule has 1 aromatic carbocycles. The third-order valence-corrected chi connectivity index (χ3v) is 4.05. The van der Waals surface area contributed by atoms with Crippen LogP contribution < -0.4 is 9.64 Å². The van der Waals surface area contributed by atoms with Crippen molar-refractivity contribution in [3.63, 3.8) is 0 Å². The molecule has 0 spiro atoms. The first-order chi connectivity index (χ1) is 10.2.